The Hall–Kier alpha value is -1.72. The Morgan fingerprint density at radius 2 is 1.84 bits per heavy atom. The van der Waals surface area contributed by atoms with Crippen LogP contribution in [0.5, 0.6) is 0 Å². The quantitative estimate of drug-likeness (QED) is 0.736. The molecule has 1 aromatic rings. The molecule has 140 valence electrons. The number of carbonyl (C=O) groups excluding carboxylic acids is 1. The first-order chi connectivity index (χ1) is 11.5. The number of halogens is 3. The first-order valence-electron chi connectivity index (χ1n) is 8.69. The van der Waals surface area contributed by atoms with E-state index >= 15 is 0 Å². The van der Waals surface area contributed by atoms with E-state index in [1.165, 1.54) is 12.1 Å². The lowest BCUT2D eigenvalue weighted by Crippen LogP contribution is -2.41. The Morgan fingerprint density at radius 1 is 1.20 bits per heavy atom. The van der Waals surface area contributed by atoms with Gasteiger partial charge in [-0.3, -0.25) is 0 Å². The lowest BCUT2D eigenvalue weighted by molar-refractivity contribution is -0.137. The van der Waals surface area contributed by atoms with Gasteiger partial charge in [0.15, 0.2) is 0 Å². The predicted molar refractivity (Wildman–Crippen MR) is 90.3 cm³/mol. The number of benzene rings is 1. The fourth-order valence-corrected chi connectivity index (χ4v) is 3.00. The zero-order valence-corrected chi connectivity index (χ0v) is 15.0. The molecule has 6 heteroatoms. The number of ether oxygens (including phenoxy) is 1. The lowest BCUT2D eigenvalue weighted by Gasteiger charge is -2.33. The topological polar surface area (TPSA) is 29.5 Å². The van der Waals surface area contributed by atoms with Crippen LogP contribution in [-0.4, -0.2) is 29.7 Å². The Kier molecular flexibility index (Phi) is 6.01. The summed E-state index contributed by atoms with van der Waals surface area (Å²) in [7, 11) is 0. The van der Waals surface area contributed by atoms with E-state index in [9.17, 15) is 18.0 Å². The van der Waals surface area contributed by atoms with Gasteiger partial charge in [-0.1, -0.05) is 18.2 Å². The zero-order valence-electron chi connectivity index (χ0n) is 15.0. The summed E-state index contributed by atoms with van der Waals surface area (Å²) >= 11 is 0. The molecule has 0 spiro atoms. The minimum absolute atomic E-state index is 0.288. The highest BCUT2D eigenvalue weighted by molar-refractivity contribution is 5.68. The highest BCUT2D eigenvalue weighted by Gasteiger charge is 2.30. The molecule has 0 aliphatic carbocycles. The highest BCUT2D eigenvalue weighted by atomic mass is 19.4. The van der Waals surface area contributed by atoms with Crippen molar-refractivity contribution in [3.8, 4) is 0 Å². The first kappa shape index (κ1) is 19.6. The van der Waals surface area contributed by atoms with Crippen LogP contribution in [0.3, 0.4) is 0 Å². The van der Waals surface area contributed by atoms with E-state index in [1.807, 2.05) is 20.8 Å². The van der Waals surface area contributed by atoms with Crippen LogP contribution in [0.2, 0.25) is 0 Å². The second-order valence-electron chi connectivity index (χ2n) is 7.65. The maximum absolute atomic E-state index is 12.7. The van der Waals surface area contributed by atoms with E-state index in [4.69, 9.17) is 4.74 Å². The molecule has 1 aliphatic heterocycles. The number of hydrogen-bond acceptors (Lipinski definition) is 2. The molecule has 1 heterocycles. The summed E-state index contributed by atoms with van der Waals surface area (Å²) in [5.74, 6) is 0.424. The fourth-order valence-electron chi connectivity index (χ4n) is 3.00. The molecule has 1 amide bonds. The number of nitrogens with zero attached hydrogens (tertiary/aromatic N) is 1. The van der Waals surface area contributed by atoms with E-state index in [0.29, 0.717) is 31.0 Å². The molecule has 1 saturated heterocycles. The van der Waals surface area contributed by atoms with Crippen LogP contribution < -0.4 is 0 Å². The maximum Gasteiger partial charge on any atom is 0.416 e. The van der Waals surface area contributed by atoms with E-state index in [1.54, 1.807) is 11.0 Å². The standard InChI is InChI=1S/C19H26F3NO2/c1-18(2,3)25-17(24)23-11-9-14(10-12-23)7-8-15-5-4-6-16(13-15)19(20,21)22/h4-6,13-14H,7-12H2,1-3H3. The first-order valence-corrected chi connectivity index (χ1v) is 8.69. The summed E-state index contributed by atoms with van der Waals surface area (Å²) in [6.45, 7) is 6.80. The van der Waals surface area contributed by atoms with Crippen molar-refractivity contribution < 1.29 is 22.7 Å². The Balaban J connectivity index is 1.80. The molecule has 3 nitrogen and oxygen atoms in total. The molecule has 2 rings (SSSR count). The van der Waals surface area contributed by atoms with Crippen LogP contribution in [-0.2, 0) is 17.3 Å². The van der Waals surface area contributed by atoms with Crippen LogP contribution in [0.15, 0.2) is 24.3 Å². The SMILES string of the molecule is CC(C)(C)OC(=O)N1CCC(CCc2cccc(C(F)(F)F)c2)CC1. The molecule has 0 bridgehead atoms. The van der Waals surface area contributed by atoms with Crippen LogP contribution in [0, 0.1) is 5.92 Å². The van der Waals surface area contributed by atoms with Crippen molar-refractivity contribution >= 4 is 6.09 Å². The van der Waals surface area contributed by atoms with E-state index in [-0.39, 0.29) is 6.09 Å². The Morgan fingerprint density at radius 3 is 2.40 bits per heavy atom. The molecule has 0 unspecified atom stereocenters. The van der Waals surface area contributed by atoms with Gasteiger partial charge in [-0.05, 0) is 64.0 Å². The largest absolute Gasteiger partial charge is 0.444 e. The Bertz CT molecular complexity index is 585. The van der Waals surface area contributed by atoms with Gasteiger partial charge in [-0.25, -0.2) is 4.79 Å². The van der Waals surface area contributed by atoms with Crippen LogP contribution in [0.1, 0.15) is 51.2 Å². The molecule has 0 aromatic heterocycles. The number of carbonyl (C=O) groups is 1. The van der Waals surface area contributed by atoms with Gasteiger partial charge in [-0.15, -0.1) is 0 Å². The molecule has 0 radical (unpaired) electrons. The third kappa shape index (κ3) is 6.25. The average molecular weight is 357 g/mol. The van der Waals surface area contributed by atoms with Gasteiger partial charge in [-0.2, -0.15) is 13.2 Å². The second-order valence-corrected chi connectivity index (χ2v) is 7.65. The molecule has 0 saturated carbocycles. The third-order valence-electron chi connectivity index (χ3n) is 4.36. The van der Waals surface area contributed by atoms with Crippen molar-refractivity contribution in [3.05, 3.63) is 35.4 Å². The molecule has 1 aliphatic rings. The average Bonchev–Trinajstić information content (AvgIpc) is 2.51. The summed E-state index contributed by atoms with van der Waals surface area (Å²) in [5.41, 5.74) is -0.383. The van der Waals surface area contributed by atoms with Gasteiger partial charge in [0.2, 0.25) is 0 Å². The normalized spacial score (nSPS) is 16.8. The van der Waals surface area contributed by atoms with Gasteiger partial charge >= 0.3 is 12.3 Å². The second kappa shape index (κ2) is 7.67. The van der Waals surface area contributed by atoms with Crippen molar-refractivity contribution in [2.45, 2.75) is 58.2 Å². The van der Waals surface area contributed by atoms with Crippen molar-refractivity contribution in [2.24, 2.45) is 5.92 Å². The predicted octanol–water partition coefficient (Wildman–Crippen LogP) is 5.29. The summed E-state index contributed by atoms with van der Waals surface area (Å²) in [4.78, 5) is 13.7. The monoisotopic (exact) mass is 357 g/mol. The zero-order chi connectivity index (χ0) is 18.7. The molecular weight excluding hydrogens is 331 g/mol. The van der Waals surface area contributed by atoms with Crippen LogP contribution in [0.4, 0.5) is 18.0 Å². The molecule has 1 fully saturated rings. The van der Waals surface area contributed by atoms with Crippen molar-refractivity contribution in [2.75, 3.05) is 13.1 Å². The highest BCUT2D eigenvalue weighted by Crippen LogP contribution is 2.30. The van der Waals surface area contributed by atoms with E-state index in [2.05, 4.69) is 0 Å². The molecule has 25 heavy (non-hydrogen) atoms. The Labute approximate surface area is 147 Å². The number of likely N-dealkylation sites (tertiary alicyclic amines) is 1. The van der Waals surface area contributed by atoms with Gasteiger partial charge in [0.05, 0.1) is 5.56 Å². The van der Waals surface area contributed by atoms with Gasteiger partial charge in [0.1, 0.15) is 5.60 Å². The molecule has 0 atom stereocenters. The smallest absolute Gasteiger partial charge is 0.416 e. The number of aryl methyl sites for hydroxylation is 1. The van der Waals surface area contributed by atoms with Crippen molar-refractivity contribution in [3.63, 3.8) is 0 Å². The van der Waals surface area contributed by atoms with Crippen molar-refractivity contribution in [1.82, 2.24) is 4.90 Å². The number of alkyl halides is 3. The maximum atomic E-state index is 12.7. The molecule has 0 N–H and O–H groups in total. The minimum Gasteiger partial charge on any atom is -0.444 e. The summed E-state index contributed by atoms with van der Waals surface area (Å²) in [5, 5.41) is 0. The summed E-state index contributed by atoms with van der Waals surface area (Å²) < 4.78 is 43.6. The number of amides is 1. The summed E-state index contributed by atoms with van der Waals surface area (Å²) in [6, 6.07) is 5.53. The molecule has 1 aromatic carbocycles. The number of piperidine rings is 1. The number of rotatable bonds is 3. The van der Waals surface area contributed by atoms with E-state index < -0.39 is 17.3 Å². The van der Waals surface area contributed by atoms with Gasteiger partial charge in [0, 0.05) is 13.1 Å². The van der Waals surface area contributed by atoms with Crippen LogP contribution >= 0.6 is 0 Å². The number of hydrogen-bond donors (Lipinski definition) is 0. The fraction of sp³-hybridized carbons (Fsp3) is 0.632. The third-order valence-corrected chi connectivity index (χ3v) is 4.36. The lowest BCUT2D eigenvalue weighted by atomic mass is 9.90. The van der Waals surface area contributed by atoms with Gasteiger partial charge < -0.3 is 9.64 Å². The minimum atomic E-state index is -4.30. The van der Waals surface area contributed by atoms with Crippen molar-refractivity contribution in [1.29, 1.82) is 0 Å². The van der Waals surface area contributed by atoms with E-state index in [0.717, 1.165) is 25.3 Å². The molecular formula is C19H26F3NO2. The van der Waals surface area contributed by atoms with Gasteiger partial charge in [0.25, 0.3) is 0 Å². The summed E-state index contributed by atoms with van der Waals surface area (Å²) in [6.07, 6.45) is -1.40. The van der Waals surface area contributed by atoms with Crippen LogP contribution in [0.25, 0.3) is 0 Å².